The molecule has 5 nitrogen and oxygen atoms in total. The van der Waals surface area contributed by atoms with Gasteiger partial charge in [0.25, 0.3) is 0 Å². The summed E-state index contributed by atoms with van der Waals surface area (Å²) in [5.74, 6) is -1.57. The fourth-order valence-electron chi connectivity index (χ4n) is 3.84. The van der Waals surface area contributed by atoms with Gasteiger partial charge in [-0.2, -0.15) is 13.2 Å². The number of aromatic amines is 1. The van der Waals surface area contributed by atoms with Crippen LogP contribution in [0.4, 0.5) is 13.2 Å². The Hall–Kier alpha value is -2.48. The van der Waals surface area contributed by atoms with Crippen LogP contribution in [0.1, 0.15) is 18.4 Å². The summed E-state index contributed by atoms with van der Waals surface area (Å²) < 4.78 is 37.7. The molecule has 1 aliphatic heterocycles. The monoisotopic (exact) mass is 362 g/mol. The zero-order valence-corrected chi connectivity index (χ0v) is 14.0. The number of hydrogen-bond donors (Lipinski definition) is 1. The Morgan fingerprint density at radius 3 is 2.85 bits per heavy atom. The van der Waals surface area contributed by atoms with Crippen molar-refractivity contribution in [2.75, 3.05) is 19.6 Å². The molecule has 8 heteroatoms. The number of nitrogens with zero attached hydrogens (tertiary/aromatic N) is 3. The van der Waals surface area contributed by atoms with Crippen LogP contribution in [0, 0.1) is 5.92 Å². The van der Waals surface area contributed by atoms with E-state index in [-0.39, 0.29) is 11.8 Å². The van der Waals surface area contributed by atoms with E-state index in [0.717, 1.165) is 21.9 Å². The molecule has 4 rings (SSSR count). The maximum Gasteiger partial charge on any atom is 0.451 e. The minimum Gasteiger partial charge on any atom is -0.360 e. The molecule has 0 radical (unpaired) electrons. The van der Waals surface area contributed by atoms with E-state index >= 15 is 0 Å². The Kier molecular flexibility index (Phi) is 3.95. The molecule has 2 atom stereocenters. The van der Waals surface area contributed by atoms with Gasteiger partial charge >= 0.3 is 6.18 Å². The number of ketones is 1. The van der Waals surface area contributed by atoms with E-state index < -0.39 is 18.5 Å². The smallest absolute Gasteiger partial charge is 0.360 e. The second-order valence-corrected chi connectivity index (χ2v) is 6.87. The fourth-order valence-corrected chi connectivity index (χ4v) is 3.84. The molecule has 26 heavy (non-hydrogen) atoms. The van der Waals surface area contributed by atoms with Gasteiger partial charge in [0.15, 0.2) is 5.65 Å². The van der Waals surface area contributed by atoms with Gasteiger partial charge in [-0.3, -0.25) is 9.69 Å². The van der Waals surface area contributed by atoms with Crippen LogP contribution in [0.3, 0.4) is 0 Å². The number of Topliss-reactive ketones (excluding diaryl/α,β-unsaturated/α-hetero) is 1. The van der Waals surface area contributed by atoms with Crippen molar-refractivity contribution >= 4 is 27.7 Å². The van der Waals surface area contributed by atoms with Crippen molar-refractivity contribution in [1.29, 1.82) is 0 Å². The van der Waals surface area contributed by atoms with Crippen molar-refractivity contribution in [2.24, 2.45) is 5.92 Å². The van der Waals surface area contributed by atoms with Gasteiger partial charge < -0.3 is 4.98 Å². The lowest BCUT2D eigenvalue weighted by atomic mass is 9.89. The SMILES string of the molecule is CC1CN(CC(=O)C(F)(F)F)CC1c1cnc2ncc3[nH]cccc3c12. The molecule has 0 aliphatic carbocycles. The standard InChI is InChI=1S/C18H17F3N4O/c1-10-7-25(9-15(26)18(19,20)21)8-13(10)12-5-23-17-16(12)11-3-2-4-22-14(11)6-24-17/h2-6,10,13,22H,7-9H2,1H3. The zero-order chi connectivity index (χ0) is 18.5. The number of H-pyrrole nitrogens is 1. The normalized spacial score (nSPS) is 21.7. The lowest BCUT2D eigenvalue weighted by molar-refractivity contribution is -0.171. The first-order valence-electron chi connectivity index (χ1n) is 8.37. The number of rotatable bonds is 3. The number of carbonyl (C=O) groups excluding carboxylic acids is 1. The predicted molar refractivity (Wildman–Crippen MR) is 90.8 cm³/mol. The molecule has 1 saturated heterocycles. The molecular weight excluding hydrogens is 345 g/mol. The van der Waals surface area contributed by atoms with Crippen LogP contribution in [0.2, 0.25) is 0 Å². The lowest BCUT2D eigenvalue weighted by Crippen LogP contribution is -2.36. The van der Waals surface area contributed by atoms with E-state index in [2.05, 4.69) is 15.0 Å². The molecule has 3 aromatic heterocycles. The maximum absolute atomic E-state index is 12.6. The van der Waals surface area contributed by atoms with Gasteiger partial charge in [-0.15, -0.1) is 0 Å². The van der Waals surface area contributed by atoms with Crippen LogP contribution in [-0.4, -0.2) is 51.4 Å². The second kappa shape index (κ2) is 6.05. The molecule has 1 N–H and O–H groups in total. The summed E-state index contributed by atoms with van der Waals surface area (Å²) in [4.78, 5) is 24.8. The third-order valence-corrected chi connectivity index (χ3v) is 5.08. The summed E-state index contributed by atoms with van der Waals surface area (Å²) >= 11 is 0. The van der Waals surface area contributed by atoms with Crippen molar-refractivity contribution < 1.29 is 18.0 Å². The summed E-state index contributed by atoms with van der Waals surface area (Å²) in [5.41, 5.74) is 2.49. The highest BCUT2D eigenvalue weighted by molar-refractivity contribution is 6.05. The summed E-state index contributed by atoms with van der Waals surface area (Å²) in [7, 11) is 0. The maximum atomic E-state index is 12.6. The summed E-state index contributed by atoms with van der Waals surface area (Å²) in [6.45, 7) is 2.25. The number of halogens is 3. The highest BCUT2D eigenvalue weighted by atomic mass is 19.4. The predicted octanol–water partition coefficient (Wildman–Crippen LogP) is 3.28. The molecule has 4 heterocycles. The van der Waals surface area contributed by atoms with E-state index in [1.54, 1.807) is 17.3 Å². The first kappa shape index (κ1) is 17.0. The molecule has 0 amide bonds. The minimum atomic E-state index is -4.79. The van der Waals surface area contributed by atoms with Crippen molar-refractivity contribution in [1.82, 2.24) is 19.9 Å². The second-order valence-electron chi connectivity index (χ2n) is 6.87. The lowest BCUT2D eigenvalue weighted by Gasteiger charge is -2.16. The average Bonchev–Trinajstić information content (AvgIpc) is 3.17. The molecule has 136 valence electrons. The Bertz CT molecular complexity index is 981. The van der Waals surface area contributed by atoms with Crippen molar-refractivity contribution in [3.8, 4) is 0 Å². The molecule has 0 saturated carbocycles. The minimum absolute atomic E-state index is 0.00800. The van der Waals surface area contributed by atoms with Crippen LogP contribution >= 0.6 is 0 Å². The largest absolute Gasteiger partial charge is 0.451 e. The van der Waals surface area contributed by atoms with E-state index in [9.17, 15) is 18.0 Å². The van der Waals surface area contributed by atoms with E-state index in [1.165, 1.54) is 0 Å². The van der Waals surface area contributed by atoms with E-state index in [0.29, 0.717) is 18.7 Å². The Balaban J connectivity index is 1.68. The highest BCUT2D eigenvalue weighted by Crippen LogP contribution is 2.38. The summed E-state index contributed by atoms with van der Waals surface area (Å²) in [5, 5.41) is 1.92. The van der Waals surface area contributed by atoms with Gasteiger partial charge in [-0.05, 0) is 17.5 Å². The summed E-state index contributed by atoms with van der Waals surface area (Å²) in [6, 6.07) is 3.87. The number of pyridine rings is 2. The Morgan fingerprint density at radius 2 is 2.08 bits per heavy atom. The average molecular weight is 362 g/mol. The zero-order valence-electron chi connectivity index (χ0n) is 14.0. The highest BCUT2D eigenvalue weighted by Gasteiger charge is 2.41. The molecule has 0 bridgehead atoms. The number of carbonyl (C=O) groups is 1. The molecule has 3 aromatic rings. The van der Waals surface area contributed by atoms with Gasteiger partial charge in [0.2, 0.25) is 5.78 Å². The van der Waals surface area contributed by atoms with Crippen molar-refractivity contribution in [2.45, 2.75) is 19.0 Å². The van der Waals surface area contributed by atoms with Crippen LogP contribution in [0.25, 0.3) is 21.9 Å². The van der Waals surface area contributed by atoms with Gasteiger partial charge in [0, 0.05) is 42.2 Å². The van der Waals surface area contributed by atoms with E-state index in [4.69, 9.17) is 0 Å². The number of aromatic nitrogens is 3. The van der Waals surface area contributed by atoms with Crippen molar-refractivity contribution in [3.05, 3.63) is 36.3 Å². The first-order valence-corrected chi connectivity index (χ1v) is 8.37. The third kappa shape index (κ3) is 2.84. The number of likely N-dealkylation sites (tertiary alicyclic amines) is 1. The number of nitrogens with one attached hydrogen (secondary N) is 1. The number of fused-ring (bicyclic) bond motifs is 3. The van der Waals surface area contributed by atoms with Crippen LogP contribution in [0.5, 0.6) is 0 Å². The van der Waals surface area contributed by atoms with E-state index in [1.807, 2.05) is 25.3 Å². The van der Waals surface area contributed by atoms with Gasteiger partial charge in [0.05, 0.1) is 18.3 Å². The molecular formula is C18H17F3N4O. The molecule has 1 fully saturated rings. The van der Waals surface area contributed by atoms with Gasteiger partial charge in [0.1, 0.15) is 0 Å². The topological polar surface area (TPSA) is 61.9 Å². The fraction of sp³-hybridized carbons (Fsp3) is 0.389. The van der Waals surface area contributed by atoms with Gasteiger partial charge in [-0.1, -0.05) is 13.0 Å². The number of alkyl halides is 3. The quantitative estimate of drug-likeness (QED) is 0.777. The third-order valence-electron chi connectivity index (χ3n) is 5.08. The first-order chi connectivity index (χ1) is 12.3. The van der Waals surface area contributed by atoms with Crippen LogP contribution < -0.4 is 0 Å². The number of hydrogen-bond acceptors (Lipinski definition) is 4. The van der Waals surface area contributed by atoms with Gasteiger partial charge in [-0.25, -0.2) is 9.97 Å². The molecule has 1 aliphatic rings. The molecule has 0 spiro atoms. The van der Waals surface area contributed by atoms with Crippen LogP contribution in [-0.2, 0) is 4.79 Å². The molecule has 2 unspecified atom stereocenters. The van der Waals surface area contributed by atoms with Crippen molar-refractivity contribution in [3.63, 3.8) is 0 Å². The summed E-state index contributed by atoms with van der Waals surface area (Å²) in [6.07, 6.45) is 0.515. The Morgan fingerprint density at radius 1 is 1.31 bits per heavy atom. The molecule has 0 aromatic carbocycles. The van der Waals surface area contributed by atoms with Crippen LogP contribution in [0.15, 0.2) is 30.7 Å². The Labute approximate surface area is 147 Å².